The Kier molecular flexibility index (Phi) is 2.79. The van der Waals surface area contributed by atoms with Gasteiger partial charge in [0.25, 0.3) is 0 Å². The molecular formula is C9H15NO2S. The lowest BCUT2D eigenvalue weighted by Crippen LogP contribution is -2.51. The van der Waals surface area contributed by atoms with Gasteiger partial charge in [0, 0.05) is 24.1 Å². The van der Waals surface area contributed by atoms with E-state index >= 15 is 0 Å². The number of carbonyl (C=O) groups excluding carboxylic acids is 1. The van der Waals surface area contributed by atoms with E-state index in [2.05, 4.69) is 6.92 Å². The number of nitrogens with zero attached hydrogens (tertiary/aromatic N) is 1. The third kappa shape index (κ3) is 1.83. The molecule has 1 atom stereocenters. The van der Waals surface area contributed by atoms with Crippen molar-refractivity contribution in [1.29, 1.82) is 0 Å². The van der Waals surface area contributed by atoms with Crippen LogP contribution in [0.15, 0.2) is 0 Å². The van der Waals surface area contributed by atoms with Crippen molar-refractivity contribution in [3.63, 3.8) is 0 Å². The van der Waals surface area contributed by atoms with Gasteiger partial charge >= 0.3 is 0 Å². The highest BCUT2D eigenvalue weighted by Crippen LogP contribution is 2.21. The second-order valence-electron chi connectivity index (χ2n) is 3.69. The molecule has 0 spiro atoms. The number of hydrogen-bond acceptors (Lipinski definition) is 3. The molecule has 1 unspecified atom stereocenters. The summed E-state index contributed by atoms with van der Waals surface area (Å²) in [5.74, 6) is 2.63. The Balaban J connectivity index is 1.93. The Morgan fingerprint density at radius 2 is 2.31 bits per heavy atom. The summed E-state index contributed by atoms with van der Waals surface area (Å²) in [6.07, 6.45) is 0. The molecule has 13 heavy (non-hydrogen) atoms. The normalized spacial score (nSPS) is 29.9. The number of ether oxygens (including phenoxy) is 1. The molecule has 74 valence electrons. The second kappa shape index (κ2) is 3.88. The molecule has 1 amide bonds. The Bertz CT molecular complexity index is 206. The van der Waals surface area contributed by atoms with Crippen molar-refractivity contribution in [2.24, 2.45) is 5.92 Å². The fourth-order valence-corrected chi connectivity index (χ4v) is 2.68. The van der Waals surface area contributed by atoms with Crippen molar-refractivity contribution in [3.05, 3.63) is 0 Å². The lowest BCUT2D eigenvalue weighted by atomic mass is 10.1. The smallest absolute Gasteiger partial charge is 0.230 e. The summed E-state index contributed by atoms with van der Waals surface area (Å²) in [5, 5.41) is 0. The molecule has 0 aromatic rings. The highest BCUT2D eigenvalue weighted by molar-refractivity contribution is 7.99. The third-order valence-corrected chi connectivity index (χ3v) is 3.83. The number of amides is 1. The van der Waals surface area contributed by atoms with Crippen LogP contribution in [0.25, 0.3) is 0 Å². The van der Waals surface area contributed by atoms with E-state index < -0.39 is 0 Å². The van der Waals surface area contributed by atoms with E-state index in [0.717, 1.165) is 18.1 Å². The standard InChI is InChI=1S/C9H15NO2S/c1-7-6-13-3-2-10(7)9(11)8-4-12-5-8/h7-8H,2-6H2,1H3. The Labute approximate surface area is 82.8 Å². The monoisotopic (exact) mass is 201 g/mol. The molecule has 2 fully saturated rings. The minimum absolute atomic E-state index is 0.158. The number of carbonyl (C=O) groups is 1. The van der Waals surface area contributed by atoms with Crippen molar-refractivity contribution in [1.82, 2.24) is 4.90 Å². The van der Waals surface area contributed by atoms with Gasteiger partial charge in [-0.3, -0.25) is 4.79 Å². The number of rotatable bonds is 1. The molecule has 0 aromatic carbocycles. The summed E-state index contributed by atoms with van der Waals surface area (Å²) in [5.41, 5.74) is 0. The Morgan fingerprint density at radius 1 is 1.54 bits per heavy atom. The fraction of sp³-hybridized carbons (Fsp3) is 0.889. The molecule has 0 aromatic heterocycles. The molecule has 0 saturated carbocycles. The van der Waals surface area contributed by atoms with Gasteiger partial charge in [-0.05, 0) is 6.92 Å². The third-order valence-electron chi connectivity index (χ3n) is 2.64. The molecule has 0 bridgehead atoms. The molecule has 3 nitrogen and oxygen atoms in total. The first-order valence-electron chi connectivity index (χ1n) is 4.75. The van der Waals surface area contributed by atoms with Crippen molar-refractivity contribution in [2.75, 3.05) is 31.3 Å². The summed E-state index contributed by atoms with van der Waals surface area (Å²) >= 11 is 1.94. The summed E-state index contributed by atoms with van der Waals surface area (Å²) in [4.78, 5) is 13.8. The topological polar surface area (TPSA) is 29.5 Å². The van der Waals surface area contributed by atoms with Gasteiger partial charge in [0.2, 0.25) is 5.91 Å². The van der Waals surface area contributed by atoms with Crippen LogP contribution in [0.2, 0.25) is 0 Å². The quantitative estimate of drug-likeness (QED) is 0.622. The van der Waals surface area contributed by atoms with Crippen molar-refractivity contribution >= 4 is 17.7 Å². The molecule has 2 rings (SSSR count). The highest BCUT2D eigenvalue weighted by Gasteiger charge is 2.33. The average molecular weight is 201 g/mol. The first-order valence-corrected chi connectivity index (χ1v) is 5.90. The molecule has 2 heterocycles. The van der Waals surface area contributed by atoms with Crippen LogP contribution in [0.1, 0.15) is 6.92 Å². The van der Waals surface area contributed by atoms with E-state index in [1.54, 1.807) is 0 Å². The largest absolute Gasteiger partial charge is 0.380 e. The Morgan fingerprint density at radius 3 is 2.85 bits per heavy atom. The average Bonchev–Trinajstić information content (AvgIpc) is 2.01. The van der Waals surface area contributed by atoms with E-state index in [4.69, 9.17) is 4.74 Å². The number of hydrogen-bond donors (Lipinski definition) is 0. The van der Waals surface area contributed by atoms with E-state index in [-0.39, 0.29) is 5.92 Å². The maximum atomic E-state index is 11.8. The van der Waals surface area contributed by atoms with Gasteiger partial charge in [0.15, 0.2) is 0 Å². The zero-order valence-corrected chi connectivity index (χ0v) is 8.68. The van der Waals surface area contributed by atoms with Crippen LogP contribution in [-0.4, -0.2) is 48.1 Å². The first kappa shape index (κ1) is 9.34. The second-order valence-corrected chi connectivity index (χ2v) is 4.84. The maximum absolute atomic E-state index is 11.8. The number of thioether (sulfide) groups is 1. The molecule has 2 aliphatic rings. The SMILES string of the molecule is CC1CSCCN1C(=O)C1COC1. The van der Waals surface area contributed by atoms with Crippen molar-refractivity contribution in [2.45, 2.75) is 13.0 Å². The highest BCUT2D eigenvalue weighted by atomic mass is 32.2. The summed E-state index contributed by atoms with van der Waals surface area (Å²) in [7, 11) is 0. The zero-order chi connectivity index (χ0) is 9.26. The van der Waals surface area contributed by atoms with Crippen LogP contribution >= 0.6 is 11.8 Å². The van der Waals surface area contributed by atoms with Crippen LogP contribution < -0.4 is 0 Å². The molecule has 2 aliphatic heterocycles. The van der Waals surface area contributed by atoms with E-state index in [0.29, 0.717) is 25.2 Å². The van der Waals surface area contributed by atoms with E-state index in [1.165, 1.54) is 0 Å². The summed E-state index contributed by atoms with van der Waals surface area (Å²) in [6, 6.07) is 0.409. The predicted molar refractivity (Wildman–Crippen MR) is 52.8 cm³/mol. The van der Waals surface area contributed by atoms with Gasteiger partial charge in [0.05, 0.1) is 19.1 Å². The van der Waals surface area contributed by atoms with Crippen molar-refractivity contribution < 1.29 is 9.53 Å². The van der Waals surface area contributed by atoms with Gasteiger partial charge in [-0.1, -0.05) is 0 Å². The predicted octanol–water partition coefficient (Wildman–Crippen LogP) is 0.597. The first-order chi connectivity index (χ1) is 6.29. The van der Waals surface area contributed by atoms with Crippen LogP contribution in [0.5, 0.6) is 0 Å². The zero-order valence-electron chi connectivity index (χ0n) is 7.86. The van der Waals surface area contributed by atoms with Crippen LogP contribution in [0, 0.1) is 5.92 Å². The van der Waals surface area contributed by atoms with Crippen LogP contribution in [0.4, 0.5) is 0 Å². The van der Waals surface area contributed by atoms with E-state index in [9.17, 15) is 4.79 Å². The summed E-state index contributed by atoms with van der Waals surface area (Å²) < 4.78 is 5.03. The van der Waals surface area contributed by atoms with Gasteiger partial charge in [-0.25, -0.2) is 0 Å². The molecular weight excluding hydrogens is 186 g/mol. The van der Waals surface area contributed by atoms with Gasteiger partial charge in [-0.2, -0.15) is 11.8 Å². The lowest BCUT2D eigenvalue weighted by Gasteiger charge is -2.37. The maximum Gasteiger partial charge on any atom is 0.230 e. The minimum Gasteiger partial charge on any atom is -0.380 e. The van der Waals surface area contributed by atoms with Gasteiger partial charge in [0.1, 0.15) is 0 Å². The molecule has 2 saturated heterocycles. The van der Waals surface area contributed by atoms with Crippen LogP contribution in [-0.2, 0) is 9.53 Å². The lowest BCUT2D eigenvalue weighted by molar-refractivity contribution is -0.151. The minimum atomic E-state index is 0.158. The summed E-state index contributed by atoms with van der Waals surface area (Å²) in [6.45, 7) is 4.31. The molecule has 0 radical (unpaired) electrons. The van der Waals surface area contributed by atoms with Gasteiger partial charge in [-0.15, -0.1) is 0 Å². The molecule has 0 aliphatic carbocycles. The molecule has 0 N–H and O–H groups in total. The van der Waals surface area contributed by atoms with Gasteiger partial charge < -0.3 is 9.64 Å². The van der Waals surface area contributed by atoms with Crippen molar-refractivity contribution in [3.8, 4) is 0 Å². The van der Waals surface area contributed by atoms with Crippen LogP contribution in [0.3, 0.4) is 0 Å². The Hall–Kier alpha value is -0.220. The molecule has 4 heteroatoms. The van der Waals surface area contributed by atoms with E-state index in [1.807, 2.05) is 16.7 Å². The fourth-order valence-electron chi connectivity index (χ4n) is 1.67.